The third-order valence-electron chi connectivity index (χ3n) is 3.35. The monoisotopic (exact) mass is 287 g/mol. The normalized spacial score (nSPS) is 24.5. The first-order chi connectivity index (χ1) is 8.82. The number of halogens is 1. The summed E-state index contributed by atoms with van der Waals surface area (Å²) >= 11 is 0. The lowest BCUT2D eigenvalue weighted by molar-refractivity contribution is -0.142. The van der Waals surface area contributed by atoms with E-state index in [4.69, 9.17) is 5.11 Å². The zero-order valence-corrected chi connectivity index (χ0v) is 11.1. The fourth-order valence-electron chi connectivity index (χ4n) is 2.20. The second-order valence-corrected chi connectivity index (χ2v) is 6.64. The SMILES string of the molecule is CC1CN(S(=O)(=O)c2ccc(F)cc2)CC1C(=O)O. The molecule has 2 unspecified atom stereocenters. The van der Waals surface area contributed by atoms with Crippen molar-refractivity contribution in [3.8, 4) is 0 Å². The Labute approximate surface area is 110 Å². The van der Waals surface area contributed by atoms with Crippen LogP contribution in [0.4, 0.5) is 4.39 Å². The molecule has 1 heterocycles. The van der Waals surface area contributed by atoms with Crippen LogP contribution in [0.2, 0.25) is 0 Å². The largest absolute Gasteiger partial charge is 0.481 e. The molecule has 104 valence electrons. The Balaban J connectivity index is 2.27. The van der Waals surface area contributed by atoms with Crippen molar-refractivity contribution in [2.45, 2.75) is 11.8 Å². The predicted octanol–water partition coefficient (Wildman–Crippen LogP) is 1.17. The van der Waals surface area contributed by atoms with Gasteiger partial charge in [-0.2, -0.15) is 4.31 Å². The molecule has 19 heavy (non-hydrogen) atoms. The number of carboxylic acid groups (broad SMARTS) is 1. The molecule has 0 amide bonds. The van der Waals surface area contributed by atoms with Crippen LogP contribution in [-0.2, 0) is 14.8 Å². The van der Waals surface area contributed by atoms with Crippen molar-refractivity contribution in [1.82, 2.24) is 4.31 Å². The maximum Gasteiger partial charge on any atom is 0.308 e. The fourth-order valence-corrected chi connectivity index (χ4v) is 3.76. The Morgan fingerprint density at radius 1 is 1.32 bits per heavy atom. The molecular formula is C12H14FNO4S. The lowest BCUT2D eigenvalue weighted by Gasteiger charge is -2.15. The summed E-state index contributed by atoms with van der Waals surface area (Å²) in [5.74, 6) is -2.45. The number of hydrogen-bond acceptors (Lipinski definition) is 3. The summed E-state index contributed by atoms with van der Waals surface area (Å²) in [6.45, 7) is 1.83. The molecule has 1 aliphatic rings. The van der Waals surface area contributed by atoms with E-state index >= 15 is 0 Å². The van der Waals surface area contributed by atoms with Gasteiger partial charge in [0.1, 0.15) is 5.82 Å². The average Bonchev–Trinajstić information content (AvgIpc) is 2.72. The second kappa shape index (κ2) is 4.90. The first kappa shape index (κ1) is 14.0. The van der Waals surface area contributed by atoms with Crippen molar-refractivity contribution in [1.29, 1.82) is 0 Å². The molecule has 7 heteroatoms. The number of carbonyl (C=O) groups is 1. The van der Waals surface area contributed by atoms with Crippen molar-refractivity contribution in [3.05, 3.63) is 30.1 Å². The average molecular weight is 287 g/mol. The quantitative estimate of drug-likeness (QED) is 0.905. The van der Waals surface area contributed by atoms with Crippen LogP contribution in [0.1, 0.15) is 6.92 Å². The van der Waals surface area contributed by atoms with Gasteiger partial charge in [0.25, 0.3) is 0 Å². The molecule has 0 radical (unpaired) electrons. The van der Waals surface area contributed by atoms with Crippen molar-refractivity contribution in [3.63, 3.8) is 0 Å². The van der Waals surface area contributed by atoms with E-state index in [0.29, 0.717) is 0 Å². The molecular weight excluding hydrogens is 273 g/mol. The van der Waals surface area contributed by atoms with E-state index in [9.17, 15) is 17.6 Å². The summed E-state index contributed by atoms with van der Waals surface area (Å²) in [4.78, 5) is 11.0. The minimum atomic E-state index is -3.75. The van der Waals surface area contributed by atoms with Gasteiger partial charge in [0.15, 0.2) is 0 Å². The summed E-state index contributed by atoms with van der Waals surface area (Å²) in [5.41, 5.74) is 0. The number of rotatable bonds is 3. The minimum Gasteiger partial charge on any atom is -0.481 e. The third kappa shape index (κ3) is 2.62. The summed E-state index contributed by atoms with van der Waals surface area (Å²) in [6.07, 6.45) is 0. The zero-order valence-electron chi connectivity index (χ0n) is 10.3. The molecule has 5 nitrogen and oxygen atoms in total. The Kier molecular flexibility index (Phi) is 3.60. The smallest absolute Gasteiger partial charge is 0.308 e. The number of benzene rings is 1. The molecule has 1 saturated heterocycles. The third-order valence-corrected chi connectivity index (χ3v) is 5.19. The summed E-state index contributed by atoms with van der Waals surface area (Å²) < 4.78 is 38.5. The number of aliphatic carboxylic acids is 1. The molecule has 0 aromatic heterocycles. The first-order valence-electron chi connectivity index (χ1n) is 5.81. The molecule has 1 aliphatic heterocycles. The van der Waals surface area contributed by atoms with Gasteiger partial charge in [-0.25, -0.2) is 12.8 Å². The number of carboxylic acids is 1. The molecule has 1 aromatic carbocycles. The van der Waals surface area contributed by atoms with E-state index < -0.39 is 27.7 Å². The van der Waals surface area contributed by atoms with Crippen molar-refractivity contribution in [2.24, 2.45) is 11.8 Å². The topological polar surface area (TPSA) is 74.7 Å². The van der Waals surface area contributed by atoms with Gasteiger partial charge in [-0.1, -0.05) is 6.92 Å². The molecule has 0 bridgehead atoms. The first-order valence-corrected chi connectivity index (χ1v) is 7.25. The predicted molar refractivity (Wildman–Crippen MR) is 65.4 cm³/mol. The van der Waals surface area contributed by atoms with Crippen LogP contribution in [0.5, 0.6) is 0 Å². The molecule has 0 aliphatic carbocycles. The standard InChI is InChI=1S/C12H14FNO4S/c1-8-6-14(7-11(8)12(15)16)19(17,18)10-4-2-9(13)3-5-10/h2-5,8,11H,6-7H2,1H3,(H,15,16). The summed E-state index contributed by atoms with van der Waals surface area (Å²) in [6, 6.07) is 4.51. The van der Waals surface area contributed by atoms with Crippen molar-refractivity contribution in [2.75, 3.05) is 13.1 Å². The van der Waals surface area contributed by atoms with Crippen LogP contribution in [0.25, 0.3) is 0 Å². The highest BCUT2D eigenvalue weighted by atomic mass is 32.2. The molecule has 1 N–H and O–H groups in total. The van der Waals surface area contributed by atoms with Gasteiger partial charge < -0.3 is 5.11 Å². The van der Waals surface area contributed by atoms with Crippen LogP contribution in [0.15, 0.2) is 29.2 Å². The Morgan fingerprint density at radius 2 is 1.89 bits per heavy atom. The van der Waals surface area contributed by atoms with Crippen LogP contribution in [-0.4, -0.2) is 36.9 Å². The van der Waals surface area contributed by atoms with Crippen molar-refractivity contribution >= 4 is 16.0 Å². The fraction of sp³-hybridized carbons (Fsp3) is 0.417. The van der Waals surface area contributed by atoms with Gasteiger partial charge in [0.2, 0.25) is 10.0 Å². The minimum absolute atomic E-state index is 0.0212. The van der Waals surface area contributed by atoms with E-state index in [2.05, 4.69) is 0 Å². The van der Waals surface area contributed by atoms with Gasteiger partial charge in [-0.15, -0.1) is 0 Å². The Hall–Kier alpha value is -1.47. The van der Waals surface area contributed by atoms with E-state index in [1.54, 1.807) is 6.92 Å². The van der Waals surface area contributed by atoms with Crippen LogP contribution < -0.4 is 0 Å². The van der Waals surface area contributed by atoms with Gasteiger partial charge in [0.05, 0.1) is 10.8 Å². The molecule has 0 spiro atoms. The number of sulfonamides is 1. The highest BCUT2D eigenvalue weighted by Gasteiger charge is 2.40. The van der Waals surface area contributed by atoms with Gasteiger partial charge in [-0.3, -0.25) is 4.79 Å². The Morgan fingerprint density at radius 3 is 2.37 bits per heavy atom. The van der Waals surface area contributed by atoms with Crippen LogP contribution in [0.3, 0.4) is 0 Å². The van der Waals surface area contributed by atoms with E-state index in [-0.39, 0.29) is 23.9 Å². The zero-order chi connectivity index (χ0) is 14.2. The van der Waals surface area contributed by atoms with Crippen molar-refractivity contribution < 1.29 is 22.7 Å². The lowest BCUT2D eigenvalue weighted by atomic mass is 9.99. The Bertz CT molecular complexity index is 584. The van der Waals surface area contributed by atoms with Crippen LogP contribution in [0, 0.1) is 17.7 Å². The maximum absolute atomic E-state index is 12.8. The molecule has 2 atom stereocenters. The summed E-state index contributed by atoms with van der Waals surface area (Å²) in [5, 5.41) is 9.00. The van der Waals surface area contributed by atoms with E-state index in [1.165, 1.54) is 12.1 Å². The highest BCUT2D eigenvalue weighted by Crippen LogP contribution is 2.28. The molecule has 1 fully saturated rings. The van der Waals surface area contributed by atoms with E-state index in [0.717, 1.165) is 16.4 Å². The van der Waals surface area contributed by atoms with Gasteiger partial charge in [-0.05, 0) is 30.2 Å². The number of nitrogens with zero attached hydrogens (tertiary/aromatic N) is 1. The summed E-state index contributed by atoms with van der Waals surface area (Å²) in [7, 11) is -3.75. The lowest BCUT2D eigenvalue weighted by Crippen LogP contribution is -2.30. The highest BCUT2D eigenvalue weighted by molar-refractivity contribution is 7.89. The van der Waals surface area contributed by atoms with Crippen LogP contribution >= 0.6 is 0 Å². The van der Waals surface area contributed by atoms with Gasteiger partial charge >= 0.3 is 5.97 Å². The maximum atomic E-state index is 12.8. The van der Waals surface area contributed by atoms with Gasteiger partial charge in [0, 0.05) is 13.1 Å². The second-order valence-electron chi connectivity index (χ2n) is 4.70. The molecule has 1 aromatic rings. The molecule has 2 rings (SSSR count). The molecule has 0 saturated carbocycles. The van der Waals surface area contributed by atoms with E-state index in [1.807, 2.05) is 0 Å². The number of hydrogen-bond donors (Lipinski definition) is 1.